The Bertz CT molecular complexity index is 266. The highest BCUT2D eigenvalue weighted by Gasteiger charge is 2.26. The standard InChI is InChI=1S/C14H28N2O/c1-7-16(10-11(2)3)13(17)12(9-15)8-14(4,5)6/h12H,2,7-10,15H2,1,3-6H3. The molecule has 1 atom stereocenters. The molecule has 3 nitrogen and oxygen atoms in total. The van der Waals surface area contributed by atoms with E-state index in [1.165, 1.54) is 0 Å². The van der Waals surface area contributed by atoms with E-state index in [9.17, 15) is 4.79 Å². The third kappa shape index (κ3) is 6.47. The second-order valence-corrected chi connectivity index (χ2v) is 6.01. The van der Waals surface area contributed by atoms with Gasteiger partial charge >= 0.3 is 0 Å². The predicted molar refractivity (Wildman–Crippen MR) is 73.7 cm³/mol. The van der Waals surface area contributed by atoms with Crippen LogP contribution in [0.4, 0.5) is 0 Å². The van der Waals surface area contributed by atoms with Crippen LogP contribution in [0.3, 0.4) is 0 Å². The highest BCUT2D eigenvalue weighted by atomic mass is 16.2. The van der Waals surface area contributed by atoms with Crippen LogP contribution >= 0.6 is 0 Å². The molecule has 0 bridgehead atoms. The fourth-order valence-electron chi connectivity index (χ4n) is 1.94. The van der Waals surface area contributed by atoms with Crippen LogP contribution in [0.1, 0.15) is 41.0 Å². The van der Waals surface area contributed by atoms with Crippen molar-refractivity contribution in [3.63, 3.8) is 0 Å². The summed E-state index contributed by atoms with van der Waals surface area (Å²) in [5.41, 5.74) is 6.87. The normalized spacial score (nSPS) is 13.3. The van der Waals surface area contributed by atoms with Crippen molar-refractivity contribution >= 4 is 5.91 Å². The molecule has 3 heteroatoms. The van der Waals surface area contributed by atoms with E-state index in [2.05, 4.69) is 27.4 Å². The summed E-state index contributed by atoms with van der Waals surface area (Å²) < 4.78 is 0. The fraction of sp³-hybridized carbons (Fsp3) is 0.786. The zero-order chi connectivity index (χ0) is 13.6. The van der Waals surface area contributed by atoms with E-state index in [-0.39, 0.29) is 17.2 Å². The van der Waals surface area contributed by atoms with Gasteiger partial charge in [0.1, 0.15) is 0 Å². The SMILES string of the molecule is C=C(C)CN(CC)C(=O)C(CN)CC(C)(C)C. The minimum atomic E-state index is -0.0747. The zero-order valence-electron chi connectivity index (χ0n) is 12.0. The fourth-order valence-corrected chi connectivity index (χ4v) is 1.94. The van der Waals surface area contributed by atoms with Gasteiger partial charge in [0.2, 0.25) is 5.91 Å². The van der Waals surface area contributed by atoms with Crippen LogP contribution in [0.15, 0.2) is 12.2 Å². The lowest BCUT2D eigenvalue weighted by Crippen LogP contribution is -2.41. The molecule has 0 saturated heterocycles. The highest BCUT2D eigenvalue weighted by molar-refractivity contribution is 5.79. The Hall–Kier alpha value is -0.830. The number of rotatable bonds is 6. The van der Waals surface area contributed by atoms with Gasteiger partial charge in [-0.3, -0.25) is 4.79 Å². The number of carbonyl (C=O) groups excluding carboxylic acids is 1. The smallest absolute Gasteiger partial charge is 0.227 e. The number of hydrogen-bond donors (Lipinski definition) is 1. The van der Waals surface area contributed by atoms with E-state index in [0.29, 0.717) is 19.6 Å². The Morgan fingerprint density at radius 2 is 1.94 bits per heavy atom. The predicted octanol–water partition coefficient (Wildman–Crippen LogP) is 2.42. The van der Waals surface area contributed by atoms with Crippen LogP contribution < -0.4 is 5.73 Å². The second kappa shape index (κ2) is 6.80. The Morgan fingerprint density at radius 3 is 2.24 bits per heavy atom. The van der Waals surface area contributed by atoms with Crippen molar-refractivity contribution in [2.45, 2.75) is 41.0 Å². The third-order valence-electron chi connectivity index (χ3n) is 2.65. The van der Waals surface area contributed by atoms with Crippen molar-refractivity contribution in [2.75, 3.05) is 19.6 Å². The maximum atomic E-state index is 12.3. The van der Waals surface area contributed by atoms with Crippen LogP contribution in [-0.4, -0.2) is 30.4 Å². The number of nitrogens with two attached hydrogens (primary N) is 1. The van der Waals surface area contributed by atoms with Gasteiger partial charge in [0.05, 0.1) is 5.92 Å². The molecule has 0 spiro atoms. The number of nitrogens with zero attached hydrogens (tertiary/aromatic N) is 1. The molecule has 0 saturated carbocycles. The first kappa shape index (κ1) is 16.2. The minimum Gasteiger partial charge on any atom is -0.339 e. The lowest BCUT2D eigenvalue weighted by molar-refractivity contribution is -0.135. The van der Waals surface area contributed by atoms with Crippen LogP contribution in [0.2, 0.25) is 0 Å². The molecule has 0 aliphatic heterocycles. The van der Waals surface area contributed by atoms with Gasteiger partial charge in [-0.15, -0.1) is 0 Å². The van der Waals surface area contributed by atoms with Gasteiger partial charge in [0, 0.05) is 19.6 Å². The first-order valence-corrected chi connectivity index (χ1v) is 6.34. The van der Waals surface area contributed by atoms with Crippen LogP contribution in [0.25, 0.3) is 0 Å². The monoisotopic (exact) mass is 240 g/mol. The van der Waals surface area contributed by atoms with Gasteiger partial charge in [0.15, 0.2) is 0 Å². The largest absolute Gasteiger partial charge is 0.339 e. The number of carbonyl (C=O) groups is 1. The summed E-state index contributed by atoms with van der Waals surface area (Å²) in [6.45, 7) is 16.0. The summed E-state index contributed by atoms with van der Waals surface area (Å²) >= 11 is 0. The third-order valence-corrected chi connectivity index (χ3v) is 2.65. The van der Waals surface area contributed by atoms with Gasteiger partial charge in [0.25, 0.3) is 0 Å². The molecule has 0 aliphatic rings. The van der Waals surface area contributed by atoms with E-state index in [0.717, 1.165) is 12.0 Å². The summed E-state index contributed by atoms with van der Waals surface area (Å²) in [6.07, 6.45) is 0.828. The summed E-state index contributed by atoms with van der Waals surface area (Å²) in [6, 6.07) is 0. The van der Waals surface area contributed by atoms with E-state index in [1.807, 2.05) is 18.7 Å². The van der Waals surface area contributed by atoms with Gasteiger partial charge in [-0.1, -0.05) is 32.9 Å². The van der Waals surface area contributed by atoms with E-state index in [1.54, 1.807) is 0 Å². The van der Waals surface area contributed by atoms with Gasteiger partial charge in [-0.05, 0) is 25.7 Å². The van der Waals surface area contributed by atoms with Crippen molar-refractivity contribution in [3.05, 3.63) is 12.2 Å². The van der Waals surface area contributed by atoms with E-state index in [4.69, 9.17) is 5.73 Å². The average molecular weight is 240 g/mol. The molecule has 0 aromatic rings. The second-order valence-electron chi connectivity index (χ2n) is 6.01. The molecule has 0 rings (SSSR count). The molecule has 2 N–H and O–H groups in total. The maximum Gasteiger partial charge on any atom is 0.227 e. The molecule has 17 heavy (non-hydrogen) atoms. The molecule has 0 aliphatic carbocycles. The first-order chi connectivity index (χ1) is 7.71. The quantitative estimate of drug-likeness (QED) is 0.725. The van der Waals surface area contributed by atoms with Crippen LogP contribution in [-0.2, 0) is 4.79 Å². The Kier molecular flexibility index (Phi) is 6.46. The molecule has 0 aromatic carbocycles. The van der Waals surface area contributed by atoms with Crippen molar-refractivity contribution in [1.29, 1.82) is 0 Å². The highest BCUT2D eigenvalue weighted by Crippen LogP contribution is 2.25. The Labute approximate surface area is 106 Å². The molecule has 0 aromatic heterocycles. The molecule has 0 radical (unpaired) electrons. The summed E-state index contributed by atoms with van der Waals surface area (Å²) in [5.74, 6) is 0.0854. The number of amides is 1. The van der Waals surface area contributed by atoms with Crippen molar-refractivity contribution < 1.29 is 4.79 Å². The molecule has 1 amide bonds. The average Bonchev–Trinajstić information content (AvgIpc) is 2.20. The molecular formula is C14H28N2O. The van der Waals surface area contributed by atoms with Crippen molar-refractivity contribution in [3.8, 4) is 0 Å². The first-order valence-electron chi connectivity index (χ1n) is 6.34. The van der Waals surface area contributed by atoms with Crippen LogP contribution in [0, 0.1) is 11.3 Å². The summed E-state index contributed by atoms with van der Waals surface area (Å²) in [4.78, 5) is 14.2. The molecule has 0 fully saturated rings. The number of likely N-dealkylation sites (N-methyl/N-ethyl adjacent to an activating group) is 1. The topological polar surface area (TPSA) is 46.3 Å². The molecule has 1 unspecified atom stereocenters. The van der Waals surface area contributed by atoms with E-state index < -0.39 is 0 Å². The lowest BCUT2D eigenvalue weighted by atomic mass is 9.84. The Morgan fingerprint density at radius 1 is 1.41 bits per heavy atom. The van der Waals surface area contributed by atoms with Crippen molar-refractivity contribution in [1.82, 2.24) is 4.90 Å². The summed E-state index contributed by atoms with van der Waals surface area (Å²) in [7, 11) is 0. The van der Waals surface area contributed by atoms with Crippen molar-refractivity contribution in [2.24, 2.45) is 17.1 Å². The molecule has 100 valence electrons. The maximum absolute atomic E-state index is 12.3. The van der Waals surface area contributed by atoms with Gasteiger partial charge in [-0.25, -0.2) is 0 Å². The summed E-state index contributed by atoms with van der Waals surface area (Å²) in [5, 5.41) is 0. The molecule has 0 heterocycles. The minimum absolute atomic E-state index is 0.0747. The number of hydrogen-bond acceptors (Lipinski definition) is 2. The lowest BCUT2D eigenvalue weighted by Gasteiger charge is -2.29. The van der Waals surface area contributed by atoms with Gasteiger partial charge < -0.3 is 10.6 Å². The Balaban J connectivity index is 4.65. The zero-order valence-corrected chi connectivity index (χ0v) is 12.0. The molecular weight excluding hydrogens is 212 g/mol. The van der Waals surface area contributed by atoms with Crippen LogP contribution in [0.5, 0.6) is 0 Å². The van der Waals surface area contributed by atoms with Gasteiger partial charge in [-0.2, -0.15) is 0 Å². The van der Waals surface area contributed by atoms with E-state index >= 15 is 0 Å².